The molecule has 114 valence electrons. The van der Waals surface area contributed by atoms with Crippen molar-refractivity contribution in [1.82, 2.24) is 0 Å². The second-order valence-corrected chi connectivity index (χ2v) is 5.30. The van der Waals surface area contributed by atoms with E-state index in [2.05, 4.69) is 0 Å². The van der Waals surface area contributed by atoms with Crippen LogP contribution in [-0.4, -0.2) is 18.7 Å². The summed E-state index contributed by atoms with van der Waals surface area (Å²) in [7, 11) is 0. The van der Waals surface area contributed by atoms with Crippen molar-refractivity contribution >= 4 is 17.6 Å². The number of halogens is 1. The van der Waals surface area contributed by atoms with Crippen LogP contribution in [-0.2, 0) is 11.2 Å². The molecule has 0 aliphatic carbocycles. The number of para-hydroxylation sites is 2. The molecule has 22 heavy (non-hydrogen) atoms. The van der Waals surface area contributed by atoms with Gasteiger partial charge in [0.25, 0.3) is 0 Å². The summed E-state index contributed by atoms with van der Waals surface area (Å²) in [5, 5.41) is 0.661. The van der Waals surface area contributed by atoms with Crippen LogP contribution in [0.25, 0.3) is 0 Å². The molecular weight excluding hydrogens is 304 g/mol. The molecular formula is C17H15ClO4. The summed E-state index contributed by atoms with van der Waals surface area (Å²) in [6, 6.07) is 12.4. The summed E-state index contributed by atoms with van der Waals surface area (Å²) in [6.07, 6.45) is -0.0173. The number of esters is 1. The van der Waals surface area contributed by atoms with Gasteiger partial charge in [-0.1, -0.05) is 30.7 Å². The standard InChI is InChI=1S/C17H15ClO4/c1-2-11-9-12(7-8-13(11)18)21-17(19)16-10-20-14-5-3-4-6-15(14)22-16/h3-9,16H,2,10H2,1H3/t16-/m1/s1. The number of carbonyl (C=O) groups is 1. The van der Waals surface area contributed by atoms with Crippen LogP contribution in [0.2, 0.25) is 5.02 Å². The van der Waals surface area contributed by atoms with E-state index in [-0.39, 0.29) is 6.61 Å². The molecule has 0 unspecified atom stereocenters. The first-order chi connectivity index (χ1) is 10.7. The zero-order valence-electron chi connectivity index (χ0n) is 12.0. The molecule has 0 saturated heterocycles. The number of benzene rings is 2. The first-order valence-corrected chi connectivity index (χ1v) is 7.43. The molecule has 2 aromatic rings. The Morgan fingerprint density at radius 3 is 2.82 bits per heavy atom. The topological polar surface area (TPSA) is 44.8 Å². The highest BCUT2D eigenvalue weighted by molar-refractivity contribution is 6.31. The Morgan fingerprint density at radius 2 is 2.05 bits per heavy atom. The van der Waals surface area contributed by atoms with Crippen LogP contribution < -0.4 is 14.2 Å². The summed E-state index contributed by atoms with van der Waals surface area (Å²) in [4.78, 5) is 12.2. The minimum atomic E-state index is -0.782. The number of hydrogen-bond donors (Lipinski definition) is 0. The Labute approximate surface area is 133 Å². The van der Waals surface area contributed by atoms with Gasteiger partial charge in [0.1, 0.15) is 12.4 Å². The van der Waals surface area contributed by atoms with Crippen LogP contribution in [0.1, 0.15) is 12.5 Å². The Kier molecular flexibility index (Phi) is 4.20. The SMILES string of the molecule is CCc1cc(OC(=O)[C@H]2COc3ccccc3O2)ccc1Cl. The van der Waals surface area contributed by atoms with E-state index >= 15 is 0 Å². The smallest absolute Gasteiger partial charge is 0.356 e. The molecule has 1 aliphatic rings. The lowest BCUT2D eigenvalue weighted by atomic mass is 10.1. The second-order valence-electron chi connectivity index (χ2n) is 4.89. The van der Waals surface area contributed by atoms with Gasteiger partial charge in [-0.25, -0.2) is 4.79 Å². The average molecular weight is 319 g/mol. The van der Waals surface area contributed by atoms with Gasteiger partial charge in [-0.3, -0.25) is 0 Å². The monoisotopic (exact) mass is 318 g/mol. The van der Waals surface area contributed by atoms with E-state index in [1.807, 2.05) is 19.1 Å². The molecule has 0 radical (unpaired) electrons. The highest BCUT2D eigenvalue weighted by atomic mass is 35.5. The molecule has 1 heterocycles. The predicted octanol–water partition coefficient (Wildman–Crippen LogP) is 3.65. The third-order valence-electron chi connectivity index (χ3n) is 3.39. The minimum absolute atomic E-state index is 0.129. The minimum Gasteiger partial charge on any atom is -0.485 e. The summed E-state index contributed by atoms with van der Waals surface area (Å²) in [6.45, 7) is 2.12. The maximum absolute atomic E-state index is 12.2. The van der Waals surface area contributed by atoms with Gasteiger partial charge >= 0.3 is 5.97 Å². The molecule has 0 saturated carbocycles. The van der Waals surface area contributed by atoms with Crippen molar-refractivity contribution in [2.45, 2.75) is 19.4 Å². The Bertz CT molecular complexity index is 699. The van der Waals surface area contributed by atoms with Crippen LogP contribution in [0.4, 0.5) is 0 Å². The lowest BCUT2D eigenvalue weighted by Crippen LogP contribution is -2.39. The van der Waals surface area contributed by atoms with Gasteiger partial charge in [-0.05, 0) is 42.3 Å². The summed E-state index contributed by atoms with van der Waals surface area (Å²) in [5.41, 5.74) is 0.929. The number of carbonyl (C=O) groups excluding carboxylic acids is 1. The van der Waals surface area contributed by atoms with Crippen LogP contribution in [0, 0.1) is 0 Å². The Morgan fingerprint density at radius 1 is 1.27 bits per heavy atom. The lowest BCUT2D eigenvalue weighted by Gasteiger charge is -2.24. The van der Waals surface area contributed by atoms with E-state index in [0.717, 1.165) is 12.0 Å². The summed E-state index contributed by atoms with van der Waals surface area (Å²) >= 11 is 6.05. The van der Waals surface area contributed by atoms with Crippen LogP contribution in [0.3, 0.4) is 0 Å². The fraction of sp³-hybridized carbons (Fsp3) is 0.235. The number of hydrogen-bond acceptors (Lipinski definition) is 4. The molecule has 0 fully saturated rings. The van der Waals surface area contributed by atoms with Crippen molar-refractivity contribution < 1.29 is 19.0 Å². The Balaban J connectivity index is 1.71. The third-order valence-corrected chi connectivity index (χ3v) is 3.76. The first kappa shape index (κ1) is 14.7. The van der Waals surface area contributed by atoms with Gasteiger partial charge in [0.2, 0.25) is 6.10 Å². The summed E-state index contributed by atoms with van der Waals surface area (Å²) in [5.74, 6) is 1.14. The van der Waals surface area contributed by atoms with E-state index in [4.69, 9.17) is 25.8 Å². The fourth-order valence-electron chi connectivity index (χ4n) is 2.20. The number of fused-ring (bicyclic) bond motifs is 1. The van der Waals surface area contributed by atoms with E-state index in [1.54, 1.807) is 30.3 Å². The number of aryl methyl sites for hydroxylation is 1. The molecule has 2 aromatic carbocycles. The molecule has 0 aromatic heterocycles. The van der Waals surface area contributed by atoms with E-state index in [0.29, 0.717) is 22.3 Å². The molecule has 4 nitrogen and oxygen atoms in total. The first-order valence-electron chi connectivity index (χ1n) is 7.06. The van der Waals surface area contributed by atoms with Crippen molar-refractivity contribution in [2.24, 2.45) is 0 Å². The molecule has 1 aliphatic heterocycles. The van der Waals surface area contributed by atoms with E-state index < -0.39 is 12.1 Å². The van der Waals surface area contributed by atoms with Crippen molar-refractivity contribution in [3.63, 3.8) is 0 Å². The van der Waals surface area contributed by atoms with Gasteiger partial charge in [-0.2, -0.15) is 0 Å². The van der Waals surface area contributed by atoms with Crippen molar-refractivity contribution in [2.75, 3.05) is 6.61 Å². The molecule has 0 spiro atoms. The third kappa shape index (κ3) is 3.02. The molecule has 1 atom stereocenters. The Hall–Kier alpha value is -2.20. The zero-order chi connectivity index (χ0) is 15.5. The van der Waals surface area contributed by atoms with E-state index in [1.165, 1.54) is 0 Å². The number of rotatable bonds is 3. The fourth-order valence-corrected chi connectivity index (χ4v) is 2.45. The van der Waals surface area contributed by atoms with Crippen LogP contribution in [0.15, 0.2) is 42.5 Å². The van der Waals surface area contributed by atoms with Gasteiger partial charge in [0.15, 0.2) is 11.5 Å². The maximum Gasteiger partial charge on any atom is 0.356 e. The summed E-state index contributed by atoms with van der Waals surface area (Å²) < 4.78 is 16.5. The van der Waals surface area contributed by atoms with Crippen LogP contribution in [0.5, 0.6) is 17.2 Å². The maximum atomic E-state index is 12.2. The quantitative estimate of drug-likeness (QED) is 0.640. The molecule has 0 amide bonds. The lowest BCUT2D eigenvalue weighted by molar-refractivity contribution is -0.144. The second kappa shape index (κ2) is 6.28. The van der Waals surface area contributed by atoms with Crippen molar-refractivity contribution in [1.29, 1.82) is 0 Å². The highest BCUT2D eigenvalue weighted by Gasteiger charge is 2.29. The predicted molar refractivity (Wildman–Crippen MR) is 82.8 cm³/mol. The largest absolute Gasteiger partial charge is 0.485 e. The molecule has 0 N–H and O–H groups in total. The van der Waals surface area contributed by atoms with E-state index in [9.17, 15) is 4.79 Å². The molecule has 3 rings (SSSR count). The van der Waals surface area contributed by atoms with Crippen molar-refractivity contribution in [3.05, 3.63) is 53.1 Å². The van der Waals surface area contributed by atoms with Gasteiger partial charge in [0, 0.05) is 5.02 Å². The van der Waals surface area contributed by atoms with Crippen molar-refractivity contribution in [3.8, 4) is 17.2 Å². The zero-order valence-corrected chi connectivity index (χ0v) is 12.8. The normalized spacial score (nSPS) is 16.2. The highest BCUT2D eigenvalue weighted by Crippen LogP contribution is 2.31. The van der Waals surface area contributed by atoms with Gasteiger partial charge in [0.05, 0.1) is 0 Å². The molecule has 5 heteroatoms. The van der Waals surface area contributed by atoms with Gasteiger partial charge in [-0.15, -0.1) is 0 Å². The average Bonchev–Trinajstić information content (AvgIpc) is 2.56. The molecule has 0 bridgehead atoms. The van der Waals surface area contributed by atoms with Crippen LogP contribution >= 0.6 is 11.6 Å². The number of ether oxygens (including phenoxy) is 3. The van der Waals surface area contributed by atoms with Gasteiger partial charge < -0.3 is 14.2 Å².